The molecular formula is C13H8ClN5S. The summed E-state index contributed by atoms with van der Waals surface area (Å²) < 4.78 is 1.17. The monoisotopic (exact) mass is 301 g/mol. The highest BCUT2D eigenvalue weighted by atomic mass is 35.5. The quantitative estimate of drug-likeness (QED) is 0.577. The van der Waals surface area contributed by atoms with Crippen molar-refractivity contribution in [2.75, 3.05) is 0 Å². The maximum Gasteiger partial charge on any atom is 0.224 e. The Kier molecular flexibility index (Phi) is 2.64. The van der Waals surface area contributed by atoms with E-state index in [0.29, 0.717) is 12.1 Å². The second-order valence-electron chi connectivity index (χ2n) is 4.32. The zero-order valence-corrected chi connectivity index (χ0v) is 11.7. The molecule has 98 valence electrons. The number of fused-ring (bicyclic) bond motifs is 2. The van der Waals surface area contributed by atoms with Crippen LogP contribution in [0.15, 0.2) is 30.5 Å². The topological polar surface area (TPSA) is 67.3 Å². The number of rotatable bonds is 2. The molecule has 0 unspecified atom stereocenters. The normalized spacial score (nSPS) is 11.4. The van der Waals surface area contributed by atoms with Crippen molar-refractivity contribution in [1.29, 1.82) is 0 Å². The van der Waals surface area contributed by atoms with Gasteiger partial charge in [0.05, 0.1) is 32.5 Å². The van der Waals surface area contributed by atoms with Gasteiger partial charge in [-0.1, -0.05) is 12.1 Å². The summed E-state index contributed by atoms with van der Waals surface area (Å²) in [6.07, 6.45) is 2.34. The number of hydrogen-bond donors (Lipinski definition) is 1. The van der Waals surface area contributed by atoms with Crippen LogP contribution in [-0.2, 0) is 6.42 Å². The van der Waals surface area contributed by atoms with Crippen molar-refractivity contribution in [2.24, 2.45) is 0 Å². The van der Waals surface area contributed by atoms with Crippen LogP contribution in [0, 0.1) is 0 Å². The number of hydrogen-bond acceptors (Lipinski definition) is 5. The number of H-pyrrole nitrogens is 1. The fraction of sp³-hybridized carbons (Fsp3) is 0.0769. The highest BCUT2D eigenvalue weighted by molar-refractivity contribution is 7.18. The zero-order chi connectivity index (χ0) is 13.5. The fourth-order valence-electron chi connectivity index (χ4n) is 2.14. The summed E-state index contributed by atoms with van der Waals surface area (Å²) in [5, 5.41) is 8.90. The summed E-state index contributed by atoms with van der Waals surface area (Å²) in [7, 11) is 0. The van der Waals surface area contributed by atoms with Crippen molar-refractivity contribution < 1.29 is 0 Å². The summed E-state index contributed by atoms with van der Waals surface area (Å²) in [5.41, 5.74) is 2.50. The van der Waals surface area contributed by atoms with E-state index < -0.39 is 0 Å². The van der Waals surface area contributed by atoms with E-state index in [4.69, 9.17) is 11.6 Å². The predicted octanol–water partition coefficient (Wildman–Crippen LogP) is 3.21. The minimum Gasteiger partial charge on any atom is -0.261 e. The highest BCUT2D eigenvalue weighted by Gasteiger charge is 2.11. The Morgan fingerprint density at radius 1 is 1.15 bits per heavy atom. The van der Waals surface area contributed by atoms with Crippen LogP contribution in [0.5, 0.6) is 0 Å². The van der Waals surface area contributed by atoms with E-state index in [2.05, 4.69) is 31.2 Å². The second-order valence-corrected chi connectivity index (χ2v) is 5.78. The molecule has 0 fully saturated rings. The van der Waals surface area contributed by atoms with Gasteiger partial charge in [0.2, 0.25) is 5.28 Å². The Morgan fingerprint density at radius 2 is 2.05 bits per heavy atom. The molecule has 4 rings (SSSR count). The van der Waals surface area contributed by atoms with E-state index in [9.17, 15) is 0 Å². The highest BCUT2D eigenvalue weighted by Crippen LogP contribution is 2.25. The van der Waals surface area contributed by atoms with Gasteiger partial charge in [0.1, 0.15) is 0 Å². The van der Waals surface area contributed by atoms with Crippen LogP contribution in [0.25, 0.3) is 21.3 Å². The third kappa shape index (κ3) is 1.93. The predicted molar refractivity (Wildman–Crippen MR) is 79.1 cm³/mol. The van der Waals surface area contributed by atoms with E-state index in [1.54, 1.807) is 17.5 Å². The molecule has 0 aliphatic heterocycles. The molecule has 0 bridgehead atoms. The summed E-state index contributed by atoms with van der Waals surface area (Å²) in [5.74, 6) is 0. The van der Waals surface area contributed by atoms with Crippen LogP contribution in [0.1, 0.15) is 10.7 Å². The number of nitrogens with zero attached hydrogens (tertiary/aromatic N) is 4. The molecule has 0 radical (unpaired) electrons. The molecule has 1 N–H and O–H groups in total. The van der Waals surface area contributed by atoms with E-state index in [1.807, 2.05) is 18.2 Å². The van der Waals surface area contributed by atoms with E-state index in [-0.39, 0.29) is 5.28 Å². The summed E-state index contributed by atoms with van der Waals surface area (Å²) >= 11 is 7.60. The van der Waals surface area contributed by atoms with Gasteiger partial charge in [-0.2, -0.15) is 10.1 Å². The van der Waals surface area contributed by atoms with Crippen LogP contribution < -0.4 is 0 Å². The Balaban J connectivity index is 1.81. The summed E-state index contributed by atoms with van der Waals surface area (Å²) in [6.45, 7) is 0. The first-order chi connectivity index (χ1) is 9.79. The lowest BCUT2D eigenvalue weighted by Gasteiger charge is -1.99. The van der Waals surface area contributed by atoms with Gasteiger partial charge in [0.25, 0.3) is 0 Å². The molecule has 0 saturated carbocycles. The van der Waals surface area contributed by atoms with Gasteiger partial charge in [0, 0.05) is 6.42 Å². The largest absolute Gasteiger partial charge is 0.261 e. The van der Waals surface area contributed by atoms with Crippen LogP contribution in [0.4, 0.5) is 0 Å². The third-order valence-corrected chi connectivity index (χ3v) is 4.22. The summed E-state index contributed by atoms with van der Waals surface area (Å²) in [4.78, 5) is 13.0. The van der Waals surface area contributed by atoms with Gasteiger partial charge in [-0.05, 0) is 23.7 Å². The smallest absolute Gasteiger partial charge is 0.224 e. The van der Waals surface area contributed by atoms with Crippen molar-refractivity contribution in [3.05, 3.63) is 46.4 Å². The lowest BCUT2D eigenvalue weighted by atomic mass is 10.2. The number of halogens is 1. The first-order valence-corrected chi connectivity index (χ1v) is 7.19. The second kappa shape index (κ2) is 4.50. The Labute approximate surface area is 122 Å². The van der Waals surface area contributed by atoms with E-state index in [0.717, 1.165) is 21.6 Å². The Bertz CT molecular complexity index is 880. The molecule has 0 atom stereocenters. The number of benzene rings is 1. The number of aromatic amines is 1. The molecule has 0 spiro atoms. The standard InChI is InChI=1S/C13H8ClN5S/c14-13-17-9(7-6-15-19-12(7)18-13)5-11-16-8-3-1-2-4-10(8)20-11/h1-4,6H,5H2,(H,15,17,18,19). The van der Waals surface area contributed by atoms with Crippen LogP contribution in [0.3, 0.4) is 0 Å². The molecule has 5 nitrogen and oxygen atoms in total. The Hall–Kier alpha value is -2.05. The molecular weight excluding hydrogens is 294 g/mol. The zero-order valence-electron chi connectivity index (χ0n) is 10.2. The number of para-hydroxylation sites is 1. The molecule has 20 heavy (non-hydrogen) atoms. The van der Waals surface area contributed by atoms with Crippen LogP contribution in [-0.4, -0.2) is 25.1 Å². The average molecular weight is 302 g/mol. The summed E-state index contributed by atoms with van der Waals surface area (Å²) in [6, 6.07) is 8.08. The van der Waals surface area contributed by atoms with Crippen LogP contribution in [0.2, 0.25) is 5.28 Å². The van der Waals surface area contributed by atoms with Gasteiger partial charge in [-0.25, -0.2) is 9.97 Å². The third-order valence-electron chi connectivity index (χ3n) is 3.02. The number of thiazole rings is 1. The first-order valence-electron chi connectivity index (χ1n) is 5.99. The molecule has 0 saturated heterocycles. The maximum atomic E-state index is 5.94. The average Bonchev–Trinajstić information content (AvgIpc) is 3.03. The number of aromatic nitrogens is 5. The van der Waals surface area contributed by atoms with Crippen molar-refractivity contribution in [3.63, 3.8) is 0 Å². The first kappa shape index (κ1) is 11.7. The van der Waals surface area contributed by atoms with Gasteiger partial charge in [0.15, 0.2) is 5.65 Å². The molecule has 0 amide bonds. The van der Waals surface area contributed by atoms with Crippen molar-refractivity contribution in [1.82, 2.24) is 25.1 Å². The van der Waals surface area contributed by atoms with Gasteiger partial charge >= 0.3 is 0 Å². The number of nitrogens with one attached hydrogen (secondary N) is 1. The van der Waals surface area contributed by atoms with Crippen molar-refractivity contribution in [2.45, 2.75) is 6.42 Å². The minimum absolute atomic E-state index is 0.220. The van der Waals surface area contributed by atoms with E-state index >= 15 is 0 Å². The van der Waals surface area contributed by atoms with Gasteiger partial charge in [-0.15, -0.1) is 11.3 Å². The molecule has 4 aromatic rings. The molecule has 0 aliphatic carbocycles. The fourth-order valence-corrected chi connectivity index (χ4v) is 3.30. The lowest BCUT2D eigenvalue weighted by Crippen LogP contribution is -1.95. The molecule has 3 aromatic heterocycles. The van der Waals surface area contributed by atoms with Gasteiger partial charge < -0.3 is 0 Å². The SMILES string of the molecule is Clc1nc(Cc2nc3ccccc3s2)c2cn[nH]c2n1. The lowest BCUT2D eigenvalue weighted by molar-refractivity contribution is 1.04. The molecule has 7 heteroatoms. The molecule has 3 heterocycles. The van der Waals surface area contributed by atoms with Crippen LogP contribution >= 0.6 is 22.9 Å². The van der Waals surface area contributed by atoms with Crippen molar-refractivity contribution in [3.8, 4) is 0 Å². The molecule has 1 aromatic carbocycles. The minimum atomic E-state index is 0.220. The maximum absolute atomic E-state index is 5.94. The Morgan fingerprint density at radius 3 is 2.95 bits per heavy atom. The van der Waals surface area contributed by atoms with Crippen molar-refractivity contribution >= 4 is 44.2 Å². The van der Waals surface area contributed by atoms with Gasteiger partial charge in [-0.3, -0.25) is 5.10 Å². The molecule has 0 aliphatic rings. The van der Waals surface area contributed by atoms with E-state index in [1.165, 1.54) is 4.70 Å².